The Morgan fingerprint density at radius 3 is 2.63 bits per heavy atom. The quantitative estimate of drug-likeness (QED) is 0.387. The van der Waals surface area contributed by atoms with Crippen molar-refractivity contribution >= 4 is 34.1 Å². The molecular weight excluding hydrogens is 485 g/mol. The molecule has 0 unspecified atom stereocenters. The number of hydrogen-bond donors (Lipinski definition) is 1. The molecule has 4 aromatic heterocycles. The number of aryl methyl sites for hydroxylation is 1. The molecule has 0 aliphatic rings. The first-order chi connectivity index (χ1) is 16.7. The van der Waals surface area contributed by atoms with Crippen LogP contribution in [0.5, 0.6) is 0 Å². The van der Waals surface area contributed by atoms with Crippen molar-refractivity contribution in [2.24, 2.45) is 0 Å². The number of hydrogen-bond acceptors (Lipinski definition) is 6. The Balaban J connectivity index is 1.50. The zero-order chi connectivity index (χ0) is 24.7. The van der Waals surface area contributed by atoms with Gasteiger partial charge in [0, 0.05) is 17.8 Å². The van der Waals surface area contributed by atoms with Crippen LogP contribution in [-0.2, 0) is 6.18 Å². The number of alkyl halides is 3. The number of fused-ring (bicyclic) bond motifs is 1. The van der Waals surface area contributed by atoms with Crippen molar-refractivity contribution in [1.82, 2.24) is 34.7 Å². The van der Waals surface area contributed by atoms with Gasteiger partial charge in [-0.15, -0.1) is 5.10 Å². The summed E-state index contributed by atoms with van der Waals surface area (Å²) in [5, 5.41) is 14.5. The largest absolute Gasteiger partial charge is 0.435 e. The molecule has 0 spiro atoms. The molecule has 13 heteroatoms. The van der Waals surface area contributed by atoms with Crippen LogP contribution in [0, 0.1) is 6.92 Å². The summed E-state index contributed by atoms with van der Waals surface area (Å²) in [7, 11) is 0. The van der Waals surface area contributed by atoms with E-state index in [1.807, 2.05) is 0 Å². The van der Waals surface area contributed by atoms with Crippen LogP contribution in [0.25, 0.3) is 22.4 Å². The number of anilines is 1. The summed E-state index contributed by atoms with van der Waals surface area (Å²) in [6, 6.07) is 9.68. The number of halogens is 4. The van der Waals surface area contributed by atoms with E-state index in [2.05, 4.69) is 30.7 Å². The van der Waals surface area contributed by atoms with Gasteiger partial charge in [0.1, 0.15) is 0 Å². The molecule has 0 aliphatic carbocycles. The molecule has 5 aromatic rings. The molecule has 0 saturated carbocycles. The summed E-state index contributed by atoms with van der Waals surface area (Å²) in [5.41, 5.74) is -0.342. The number of amides is 1. The number of nitrogens with zero attached hydrogens (tertiary/aromatic N) is 7. The van der Waals surface area contributed by atoms with E-state index in [1.54, 1.807) is 49.6 Å². The standard InChI is InChI=1S/C22H14ClF3N8O/c1-12-10-34(32-30-12)20-16(23)8-13(9-28-20)29-21(35)15-11-33(31-19(15)22(24,25)26)18-6-2-5-17-14(18)4-3-7-27-17/h2-11H,1H3,(H,29,35). The second-order valence-electron chi connectivity index (χ2n) is 7.47. The van der Waals surface area contributed by atoms with E-state index in [0.29, 0.717) is 22.3 Å². The molecule has 176 valence electrons. The molecule has 0 bridgehead atoms. The van der Waals surface area contributed by atoms with Crippen LogP contribution in [-0.4, -0.2) is 40.6 Å². The van der Waals surface area contributed by atoms with Gasteiger partial charge < -0.3 is 5.32 Å². The number of benzene rings is 1. The molecule has 4 heterocycles. The molecule has 0 atom stereocenters. The van der Waals surface area contributed by atoms with Crippen molar-refractivity contribution in [3.8, 4) is 11.5 Å². The van der Waals surface area contributed by atoms with E-state index in [9.17, 15) is 18.0 Å². The molecular formula is C22H14ClF3N8O. The van der Waals surface area contributed by atoms with E-state index in [4.69, 9.17) is 11.6 Å². The Bertz CT molecular complexity index is 1570. The van der Waals surface area contributed by atoms with Crippen molar-refractivity contribution in [3.05, 3.63) is 83.2 Å². The smallest absolute Gasteiger partial charge is 0.320 e. The predicted molar refractivity (Wildman–Crippen MR) is 121 cm³/mol. The molecule has 1 aromatic carbocycles. The summed E-state index contributed by atoms with van der Waals surface area (Å²) in [4.78, 5) is 21.2. The number of rotatable bonds is 4. The summed E-state index contributed by atoms with van der Waals surface area (Å²) < 4.78 is 43.7. The number of carbonyl (C=O) groups is 1. The zero-order valence-electron chi connectivity index (χ0n) is 17.8. The topological polar surface area (TPSA) is 103 Å². The Kier molecular flexibility index (Phi) is 5.44. The van der Waals surface area contributed by atoms with Crippen LogP contribution < -0.4 is 5.32 Å². The van der Waals surface area contributed by atoms with Crippen LogP contribution in [0.4, 0.5) is 18.9 Å². The van der Waals surface area contributed by atoms with Crippen LogP contribution in [0.3, 0.4) is 0 Å². The fraction of sp³-hybridized carbons (Fsp3) is 0.0909. The monoisotopic (exact) mass is 498 g/mol. The van der Waals surface area contributed by atoms with Gasteiger partial charge in [-0.05, 0) is 37.3 Å². The second kappa shape index (κ2) is 8.47. The Morgan fingerprint density at radius 1 is 1.09 bits per heavy atom. The molecule has 0 fully saturated rings. The highest BCUT2D eigenvalue weighted by Gasteiger charge is 2.39. The van der Waals surface area contributed by atoms with Gasteiger partial charge in [0.25, 0.3) is 5.91 Å². The van der Waals surface area contributed by atoms with Crippen molar-refractivity contribution in [1.29, 1.82) is 0 Å². The van der Waals surface area contributed by atoms with Crippen molar-refractivity contribution in [3.63, 3.8) is 0 Å². The fourth-order valence-corrected chi connectivity index (χ4v) is 3.73. The first kappa shape index (κ1) is 22.5. The third-order valence-corrected chi connectivity index (χ3v) is 5.28. The second-order valence-corrected chi connectivity index (χ2v) is 7.88. The highest BCUT2D eigenvalue weighted by Crippen LogP contribution is 2.33. The summed E-state index contributed by atoms with van der Waals surface area (Å²) in [6.45, 7) is 1.74. The number of carbonyl (C=O) groups excluding carboxylic acids is 1. The van der Waals surface area contributed by atoms with E-state index in [0.717, 1.165) is 10.9 Å². The van der Waals surface area contributed by atoms with Crippen molar-refractivity contribution < 1.29 is 18.0 Å². The van der Waals surface area contributed by atoms with Gasteiger partial charge >= 0.3 is 6.18 Å². The van der Waals surface area contributed by atoms with Gasteiger partial charge in [-0.2, -0.15) is 18.3 Å². The minimum absolute atomic E-state index is 0.0934. The number of pyridine rings is 2. The average Bonchev–Trinajstić information content (AvgIpc) is 3.46. The minimum Gasteiger partial charge on any atom is -0.320 e. The van der Waals surface area contributed by atoms with Crippen molar-refractivity contribution in [2.45, 2.75) is 13.1 Å². The van der Waals surface area contributed by atoms with E-state index in [-0.39, 0.29) is 16.5 Å². The van der Waals surface area contributed by atoms with Crippen LogP contribution in [0.1, 0.15) is 21.7 Å². The molecule has 0 saturated heterocycles. The first-order valence-electron chi connectivity index (χ1n) is 10.1. The zero-order valence-corrected chi connectivity index (χ0v) is 18.6. The summed E-state index contributed by atoms with van der Waals surface area (Å²) >= 11 is 6.24. The van der Waals surface area contributed by atoms with E-state index in [1.165, 1.54) is 16.9 Å². The highest BCUT2D eigenvalue weighted by molar-refractivity contribution is 6.32. The summed E-state index contributed by atoms with van der Waals surface area (Å²) in [5.74, 6) is -0.775. The van der Waals surface area contributed by atoms with Crippen LogP contribution in [0.15, 0.2) is 61.2 Å². The number of aromatic nitrogens is 7. The predicted octanol–water partition coefficient (Wildman–Crippen LogP) is 4.63. The Morgan fingerprint density at radius 2 is 1.91 bits per heavy atom. The van der Waals surface area contributed by atoms with Crippen LogP contribution in [0.2, 0.25) is 5.02 Å². The Labute approximate surface area is 200 Å². The van der Waals surface area contributed by atoms with Gasteiger partial charge in [-0.3, -0.25) is 9.78 Å². The van der Waals surface area contributed by atoms with Gasteiger partial charge in [-0.25, -0.2) is 14.3 Å². The van der Waals surface area contributed by atoms with E-state index < -0.39 is 23.3 Å². The molecule has 35 heavy (non-hydrogen) atoms. The highest BCUT2D eigenvalue weighted by atomic mass is 35.5. The molecule has 0 aliphatic heterocycles. The molecule has 1 N–H and O–H groups in total. The van der Waals surface area contributed by atoms with Gasteiger partial charge in [0.15, 0.2) is 11.5 Å². The minimum atomic E-state index is -4.87. The number of nitrogens with one attached hydrogen (secondary N) is 1. The Hall–Kier alpha value is -4.32. The fourth-order valence-electron chi connectivity index (χ4n) is 3.48. The summed E-state index contributed by atoms with van der Waals surface area (Å²) in [6.07, 6.45) is 0.583. The lowest BCUT2D eigenvalue weighted by molar-refractivity contribution is -0.141. The third kappa shape index (κ3) is 4.30. The molecule has 5 rings (SSSR count). The maximum atomic E-state index is 13.8. The van der Waals surface area contributed by atoms with Gasteiger partial charge in [0.05, 0.1) is 45.6 Å². The van der Waals surface area contributed by atoms with E-state index >= 15 is 0 Å². The average molecular weight is 499 g/mol. The molecule has 0 radical (unpaired) electrons. The normalized spacial score (nSPS) is 11.7. The first-order valence-corrected chi connectivity index (χ1v) is 10.5. The van der Waals surface area contributed by atoms with Crippen LogP contribution >= 0.6 is 11.6 Å². The molecule has 9 nitrogen and oxygen atoms in total. The lowest BCUT2D eigenvalue weighted by Crippen LogP contribution is -2.18. The SMILES string of the molecule is Cc1cn(-c2ncc(NC(=O)c3cn(-c4cccc5ncccc45)nc3C(F)(F)F)cc2Cl)nn1. The lowest BCUT2D eigenvalue weighted by atomic mass is 10.2. The van der Waals surface area contributed by atoms with Gasteiger partial charge in [-0.1, -0.05) is 22.9 Å². The maximum Gasteiger partial charge on any atom is 0.435 e. The van der Waals surface area contributed by atoms with Crippen molar-refractivity contribution in [2.75, 3.05) is 5.32 Å². The lowest BCUT2D eigenvalue weighted by Gasteiger charge is -2.09. The van der Waals surface area contributed by atoms with Gasteiger partial charge in [0.2, 0.25) is 0 Å². The third-order valence-electron chi connectivity index (χ3n) is 5.00. The molecule has 1 amide bonds. The maximum absolute atomic E-state index is 13.8.